The van der Waals surface area contributed by atoms with E-state index in [0.717, 1.165) is 0 Å². The third-order valence-electron chi connectivity index (χ3n) is 4.14. The van der Waals surface area contributed by atoms with Crippen molar-refractivity contribution >= 4 is 0 Å². The van der Waals surface area contributed by atoms with E-state index in [4.69, 9.17) is 23.7 Å². The highest BCUT2D eigenvalue weighted by Gasteiger charge is 2.61. The number of ether oxygens (including phenoxy) is 5. The molecule has 0 amide bonds. The van der Waals surface area contributed by atoms with Gasteiger partial charge in [-0.15, -0.1) is 0 Å². The van der Waals surface area contributed by atoms with Crippen molar-refractivity contribution in [1.82, 2.24) is 0 Å². The van der Waals surface area contributed by atoms with E-state index in [2.05, 4.69) is 0 Å². The molecule has 2 heterocycles. The van der Waals surface area contributed by atoms with Crippen LogP contribution in [0.1, 0.15) is 13.8 Å². The number of aliphatic hydroxyl groups is 3. The number of methoxy groups -OCH3 is 2. The monoisotopic (exact) mass is 294 g/mol. The van der Waals surface area contributed by atoms with E-state index in [1.807, 2.05) is 0 Å². The molecule has 7 atom stereocenters. The molecular formula is C12H22O8. The number of aliphatic hydroxyl groups excluding tert-OH is 3. The summed E-state index contributed by atoms with van der Waals surface area (Å²) in [7, 11) is 2.86. The van der Waals surface area contributed by atoms with Crippen LogP contribution < -0.4 is 0 Å². The molecule has 118 valence electrons. The van der Waals surface area contributed by atoms with Gasteiger partial charge in [0.05, 0.1) is 6.61 Å². The molecule has 8 heteroatoms. The van der Waals surface area contributed by atoms with E-state index in [1.165, 1.54) is 14.2 Å². The molecule has 0 aromatic heterocycles. The SMILES string of the molecule is COC1(C)O[C@@H]2[C@H](O)[C@@H](O)O[C@H](CO)[C@H]2OC1(C)OC. The van der Waals surface area contributed by atoms with E-state index < -0.39 is 48.9 Å². The summed E-state index contributed by atoms with van der Waals surface area (Å²) in [6, 6.07) is 0. The molecule has 3 N–H and O–H groups in total. The number of rotatable bonds is 3. The zero-order valence-corrected chi connectivity index (χ0v) is 12.0. The molecule has 2 fully saturated rings. The molecule has 2 aliphatic heterocycles. The first-order chi connectivity index (χ1) is 9.31. The van der Waals surface area contributed by atoms with Gasteiger partial charge in [-0.25, -0.2) is 0 Å². The van der Waals surface area contributed by atoms with Gasteiger partial charge in [-0.05, 0) is 13.8 Å². The topological polar surface area (TPSA) is 107 Å². The molecule has 8 nitrogen and oxygen atoms in total. The smallest absolute Gasteiger partial charge is 0.220 e. The van der Waals surface area contributed by atoms with Gasteiger partial charge in [0.1, 0.15) is 24.4 Å². The van der Waals surface area contributed by atoms with E-state index in [-0.39, 0.29) is 0 Å². The van der Waals surface area contributed by atoms with Crippen LogP contribution in [0.15, 0.2) is 0 Å². The van der Waals surface area contributed by atoms with Crippen molar-refractivity contribution in [3.63, 3.8) is 0 Å². The maximum Gasteiger partial charge on any atom is 0.220 e. The molecule has 2 aliphatic rings. The van der Waals surface area contributed by atoms with Crippen molar-refractivity contribution < 1.29 is 39.0 Å². The summed E-state index contributed by atoms with van der Waals surface area (Å²) in [5.74, 6) is -2.55. The fourth-order valence-corrected chi connectivity index (χ4v) is 2.53. The summed E-state index contributed by atoms with van der Waals surface area (Å²) in [6.07, 6.45) is -5.34. The minimum atomic E-state index is -1.47. The average molecular weight is 294 g/mol. The van der Waals surface area contributed by atoms with Crippen molar-refractivity contribution in [2.75, 3.05) is 20.8 Å². The lowest BCUT2D eigenvalue weighted by atomic mass is 9.94. The third kappa shape index (κ3) is 2.26. The Bertz CT molecular complexity index is 334. The third-order valence-corrected chi connectivity index (χ3v) is 4.14. The molecule has 2 rings (SSSR count). The highest BCUT2D eigenvalue weighted by atomic mass is 16.8. The molecule has 2 unspecified atom stereocenters. The Hall–Kier alpha value is -0.320. The summed E-state index contributed by atoms with van der Waals surface area (Å²) in [4.78, 5) is 0. The summed E-state index contributed by atoms with van der Waals surface area (Å²) < 4.78 is 27.4. The van der Waals surface area contributed by atoms with Gasteiger partial charge in [-0.3, -0.25) is 0 Å². The van der Waals surface area contributed by atoms with Gasteiger partial charge >= 0.3 is 0 Å². The standard InChI is InChI=1S/C12H22O8/c1-11(16-3)12(2,17-4)20-9-7(14)10(15)18-6(5-13)8(9)19-11/h6-10,13-15H,5H2,1-4H3/t6-,7+,8-,9-,10+,11?,12?/m1/s1. The quantitative estimate of drug-likeness (QED) is 0.581. The van der Waals surface area contributed by atoms with Gasteiger partial charge in [0, 0.05) is 14.2 Å². The van der Waals surface area contributed by atoms with Crippen molar-refractivity contribution in [2.24, 2.45) is 0 Å². The van der Waals surface area contributed by atoms with E-state index in [9.17, 15) is 15.3 Å². The fourth-order valence-electron chi connectivity index (χ4n) is 2.53. The second-order valence-electron chi connectivity index (χ2n) is 5.20. The van der Waals surface area contributed by atoms with Crippen LogP contribution in [0, 0.1) is 0 Å². The molecule has 20 heavy (non-hydrogen) atoms. The minimum absolute atomic E-state index is 0.391. The van der Waals surface area contributed by atoms with E-state index in [0.29, 0.717) is 0 Å². The Kier molecular flexibility index (Phi) is 4.39. The molecule has 0 saturated carbocycles. The van der Waals surface area contributed by atoms with Crippen LogP contribution in [-0.2, 0) is 23.7 Å². The van der Waals surface area contributed by atoms with Crippen LogP contribution in [0.2, 0.25) is 0 Å². The fraction of sp³-hybridized carbons (Fsp3) is 1.00. The second kappa shape index (κ2) is 5.47. The lowest BCUT2D eigenvalue weighted by Gasteiger charge is -2.56. The molecule has 0 spiro atoms. The van der Waals surface area contributed by atoms with Gasteiger partial charge in [0.25, 0.3) is 0 Å². The van der Waals surface area contributed by atoms with Crippen LogP contribution in [0.25, 0.3) is 0 Å². The largest absolute Gasteiger partial charge is 0.394 e. The molecule has 0 radical (unpaired) electrons. The number of hydrogen-bond acceptors (Lipinski definition) is 8. The predicted molar refractivity (Wildman–Crippen MR) is 64.5 cm³/mol. The summed E-state index contributed by atoms with van der Waals surface area (Å²) in [5.41, 5.74) is 0. The first kappa shape index (κ1) is 16.1. The molecule has 0 aromatic rings. The van der Waals surface area contributed by atoms with Crippen LogP contribution >= 0.6 is 0 Å². The summed E-state index contributed by atoms with van der Waals surface area (Å²) in [6.45, 7) is 2.84. The molecule has 0 bridgehead atoms. The Morgan fingerprint density at radius 1 is 1.00 bits per heavy atom. The Morgan fingerprint density at radius 2 is 1.50 bits per heavy atom. The highest BCUT2D eigenvalue weighted by molar-refractivity contribution is 4.99. The van der Waals surface area contributed by atoms with Crippen molar-refractivity contribution in [1.29, 1.82) is 0 Å². The first-order valence-electron chi connectivity index (χ1n) is 6.40. The summed E-state index contributed by atoms with van der Waals surface area (Å²) >= 11 is 0. The second-order valence-corrected chi connectivity index (χ2v) is 5.20. The first-order valence-corrected chi connectivity index (χ1v) is 6.40. The van der Waals surface area contributed by atoms with E-state index >= 15 is 0 Å². The molecule has 0 aromatic carbocycles. The van der Waals surface area contributed by atoms with Gasteiger partial charge in [-0.1, -0.05) is 0 Å². The zero-order valence-electron chi connectivity index (χ0n) is 12.0. The summed E-state index contributed by atoms with van der Waals surface area (Å²) in [5, 5.41) is 29.0. The normalized spacial score (nSPS) is 52.6. The highest BCUT2D eigenvalue weighted by Crippen LogP contribution is 2.43. The lowest BCUT2D eigenvalue weighted by Crippen LogP contribution is -2.72. The van der Waals surface area contributed by atoms with Crippen LogP contribution in [0.5, 0.6) is 0 Å². The van der Waals surface area contributed by atoms with Crippen molar-refractivity contribution in [3.8, 4) is 0 Å². The Morgan fingerprint density at radius 3 is 1.95 bits per heavy atom. The molecule has 2 saturated heterocycles. The number of fused-ring (bicyclic) bond motifs is 1. The maximum absolute atomic E-state index is 10.00. The minimum Gasteiger partial charge on any atom is -0.394 e. The lowest BCUT2D eigenvalue weighted by molar-refractivity contribution is -0.478. The molecule has 0 aliphatic carbocycles. The van der Waals surface area contributed by atoms with Gasteiger partial charge in [0.2, 0.25) is 11.6 Å². The predicted octanol–water partition coefficient (Wildman–Crippen LogP) is -1.43. The molecular weight excluding hydrogens is 272 g/mol. The van der Waals surface area contributed by atoms with Gasteiger partial charge in [0.15, 0.2) is 6.29 Å². The van der Waals surface area contributed by atoms with Crippen LogP contribution in [0.3, 0.4) is 0 Å². The van der Waals surface area contributed by atoms with Crippen LogP contribution in [0.4, 0.5) is 0 Å². The Labute approximate surface area is 117 Å². The average Bonchev–Trinajstić information content (AvgIpc) is 2.45. The van der Waals surface area contributed by atoms with Crippen molar-refractivity contribution in [2.45, 2.75) is 56.1 Å². The maximum atomic E-state index is 10.00. The number of hydrogen-bond donors (Lipinski definition) is 3. The Balaban J connectivity index is 2.33. The van der Waals surface area contributed by atoms with E-state index in [1.54, 1.807) is 13.8 Å². The van der Waals surface area contributed by atoms with Crippen molar-refractivity contribution in [3.05, 3.63) is 0 Å². The van der Waals surface area contributed by atoms with Crippen LogP contribution in [-0.4, -0.2) is 78.4 Å². The zero-order chi connectivity index (χ0) is 15.1. The van der Waals surface area contributed by atoms with Gasteiger partial charge < -0.3 is 39.0 Å². The van der Waals surface area contributed by atoms with Gasteiger partial charge in [-0.2, -0.15) is 0 Å².